The quantitative estimate of drug-likeness (QED) is 0.306. The van der Waals surface area contributed by atoms with E-state index in [4.69, 9.17) is 9.72 Å². The Morgan fingerprint density at radius 3 is 2.44 bits per heavy atom. The summed E-state index contributed by atoms with van der Waals surface area (Å²) in [5.41, 5.74) is 5.47. The molecule has 1 aromatic heterocycles. The van der Waals surface area contributed by atoms with Crippen molar-refractivity contribution < 1.29 is 9.53 Å². The summed E-state index contributed by atoms with van der Waals surface area (Å²) < 4.78 is 8.19. The van der Waals surface area contributed by atoms with Crippen molar-refractivity contribution in [2.75, 3.05) is 18.1 Å². The molecule has 1 fully saturated rings. The molecule has 0 N–H and O–H groups in total. The Morgan fingerprint density at radius 2 is 1.65 bits per heavy atom. The Balaban J connectivity index is 1.33. The van der Waals surface area contributed by atoms with Gasteiger partial charge in [0.1, 0.15) is 11.6 Å². The Bertz CT molecular complexity index is 1280. The van der Waals surface area contributed by atoms with Gasteiger partial charge >= 0.3 is 0 Å². The van der Waals surface area contributed by atoms with Crippen molar-refractivity contribution in [3.05, 3.63) is 89.7 Å². The van der Waals surface area contributed by atoms with Crippen LogP contribution in [-0.2, 0) is 11.3 Å². The summed E-state index contributed by atoms with van der Waals surface area (Å²) in [5.74, 6) is 2.19. The van der Waals surface area contributed by atoms with Crippen LogP contribution in [0.3, 0.4) is 0 Å². The maximum atomic E-state index is 13.1. The molecule has 5 heteroatoms. The van der Waals surface area contributed by atoms with E-state index in [0.29, 0.717) is 19.6 Å². The first-order valence-electron chi connectivity index (χ1n) is 12.1. The number of fused-ring (bicyclic) bond motifs is 1. The van der Waals surface area contributed by atoms with Crippen LogP contribution in [0, 0.1) is 13.8 Å². The van der Waals surface area contributed by atoms with Crippen LogP contribution in [-0.4, -0.2) is 28.6 Å². The summed E-state index contributed by atoms with van der Waals surface area (Å²) in [4.78, 5) is 20.1. The van der Waals surface area contributed by atoms with Gasteiger partial charge in [-0.2, -0.15) is 0 Å². The van der Waals surface area contributed by atoms with Crippen LogP contribution in [0.5, 0.6) is 5.75 Å². The van der Waals surface area contributed by atoms with Crippen LogP contribution < -0.4 is 9.64 Å². The minimum Gasteiger partial charge on any atom is -0.494 e. The first kappa shape index (κ1) is 22.2. The van der Waals surface area contributed by atoms with Gasteiger partial charge in [0.2, 0.25) is 5.91 Å². The fourth-order valence-electron chi connectivity index (χ4n) is 5.05. The minimum atomic E-state index is 0.0828. The molecule has 5 nitrogen and oxygen atoms in total. The van der Waals surface area contributed by atoms with Gasteiger partial charge in [0.25, 0.3) is 0 Å². The molecule has 0 aliphatic carbocycles. The van der Waals surface area contributed by atoms with Crippen molar-refractivity contribution in [1.29, 1.82) is 0 Å². The van der Waals surface area contributed by atoms with Crippen LogP contribution in [0.25, 0.3) is 11.0 Å². The molecule has 1 amide bonds. The van der Waals surface area contributed by atoms with Gasteiger partial charge in [-0.05, 0) is 62.1 Å². The maximum absolute atomic E-state index is 13.1. The summed E-state index contributed by atoms with van der Waals surface area (Å²) in [6.45, 7) is 6.38. The van der Waals surface area contributed by atoms with Crippen molar-refractivity contribution >= 4 is 22.6 Å². The second kappa shape index (κ2) is 9.72. The number of imidazole rings is 1. The van der Waals surface area contributed by atoms with E-state index in [9.17, 15) is 4.79 Å². The first-order valence-corrected chi connectivity index (χ1v) is 12.1. The molecule has 3 aromatic carbocycles. The van der Waals surface area contributed by atoms with Crippen molar-refractivity contribution in [2.24, 2.45) is 0 Å². The lowest BCUT2D eigenvalue weighted by Crippen LogP contribution is -2.26. The van der Waals surface area contributed by atoms with Gasteiger partial charge in [0.15, 0.2) is 0 Å². The summed E-state index contributed by atoms with van der Waals surface area (Å²) in [6, 6.07) is 24.4. The number of unbranched alkanes of at least 4 members (excludes halogenated alkanes) is 1. The third kappa shape index (κ3) is 4.43. The molecule has 34 heavy (non-hydrogen) atoms. The third-order valence-corrected chi connectivity index (χ3v) is 6.67. The highest BCUT2D eigenvalue weighted by molar-refractivity contribution is 5.98. The molecule has 1 atom stereocenters. The van der Waals surface area contributed by atoms with Crippen LogP contribution in [0.1, 0.15) is 42.1 Å². The van der Waals surface area contributed by atoms with Crippen LogP contribution in [0.4, 0.5) is 5.69 Å². The number of amides is 1. The molecule has 0 radical (unpaired) electrons. The van der Waals surface area contributed by atoms with Gasteiger partial charge in [0, 0.05) is 31.1 Å². The molecule has 5 rings (SSSR count). The molecule has 1 aliphatic rings. The van der Waals surface area contributed by atoms with Crippen molar-refractivity contribution in [1.82, 2.24) is 9.55 Å². The van der Waals surface area contributed by atoms with E-state index < -0.39 is 0 Å². The summed E-state index contributed by atoms with van der Waals surface area (Å²) in [6.07, 6.45) is 2.44. The molecule has 2 heterocycles. The van der Waals surface area contributed by atoms with E-state index in [-0.39, 0.29) is 11.8 Å². The highest BCUT2D eigenvalue weighted by atomic mass is 16.5. The van der Waals surface area contributed by atoms with Crippen molar-refractivity contribution in [3.8, 4) is 5.75 Å². The monoisotopic (exact) mass is 453 g/mol. The zero-order valence-electron chi connectivity index (χ0n) is 19.9. The Hall–Kier alpha value is -3.60. The number of benzene rings is 3. The lowest BCUT2D eigenvalue weighted by atomic mass is 10.1. The second-order valence-corrected chi connectivity index (χ2v) is 9.12. The lowest BCUT2D eigenvalue weighted by molar-refractivity contribution is -0.117. The fraction of sp³-hybridized carbons (Fsp3) is 0.310. The minimum absolute atomic E-state index is 0.0828. The van der Waals surface area contributed by atoms with Crippen molar-refractivity contribution in [3.63, 3.8) is 0 Å². The Morgan fingerprint density at radius 1 is 0.912 bits per heavy atom. The standard InChI is InChI=1S/C29H31N3O2/c1-21-11-10-12-22(2)28(21)32-20-23(19-27(32)33)29-30-25-15-6-7-16-26(25)31(29)17-8-9-18-34-24-13-4-3-5-14-24/h3-7,10-16,23H,8-9,17-20H2,1-2H3. The number of aryl methyl sites for hydroxylation is 3. The number of ether oxygens (including phenoxy) is 1. The average molecular weight is 454 g/mol. The van der Waals surface area contributed by atoms with Gasteiger partial charge in [-0.3, -0.25) is 4.79 Å². The number of anilines is 1. The number of nitrogens with zero attached hydrogens (tertiary/aromatic N) is 3. The van der Waals surface area contributed by atoms with E-state index in [2.05, 4.69) is 48.7 Å². The summed E-state index contributed by atoms with van der Waals surface area (Å²) in [5, 5.41) is 0. The van der Waals surface area contributed by atoms with E-state index in [1.165, 1.54) is 0 Å². The zero-order valence-corrected chi connectivity index (χ0v) is 19.9. The molecule has 1 aliphatic heterocycles. The van der Waals surface area contributed by atoms with Gasteiger partial charge < -0.3 is 14.2 Å². The van der Waals surface area contributed by atoms with Gasteiger partial charge in [0.05, 0.1) is 17.6 Å². The average Bonchev–Trinajstić information content (AvgIpc) is 3.40. The van der Waals surface area contributed by atoms with Crippen LogP contribution >= 0.6 is 0 Å². The smallest absolute Gasteiger partial charge is 0.227 e. The molecule has 174 valence electrons. The molecule has 0 saturated carbocycles. The third-order valence-electron chi connectivity index (χ3n) is 6.67. The number of hydrogen-bond acceptors (Lipinski definition) is 3. The predicted molar refractivity (Wildman–Crippen MR) is 137 cm³/mol. The number of hydrogen-bond donors (Lipinski definition) is 0. The van der Waals surface area contributed by atoms with E-state index in [1.807, 2.05) is 47.4 Å². The predicted octanol–water partition coefficient (Wildman–Crippen LogP) is 6.03. The van der Waals surface area contributed by atoms with E-state index in [1.54, 1.807) is 0 Å². The number of rotatable bonds is 8. The number of aromatic nitrogens is 2. The zero-order chi connectivity index (χ0) is 23.5. The van der Waals surface area contributed by atoms with Gasteiger partial charge in [-0.1, -0.05) is 48.5 Å². The number of carbonyl (C=O) groups is 1. The van der Waals surface area contributed by atoms with Crippen molar-refractivity contribution in [2.45, 2.75) is 45.6 Å². The number of para-hydroxylation sites is 4. The van der Waals surface area contributed by atoms with E-state index in [0.717, 1.165) is 58.8 Å². The second-order valence-electron chi connectivity index (χ2n) is 9.12. The molecule has 1 unspecified atom stereocenters. The lowest BCUT2D eigenvalue weighted by Gasteiger charge is -2.21. The Labute approximate surface area is 201 Å². The van der Waals surface area contributed by atoms with Gasteiger partial charge in [-0.25, -0.2) is 4.98 Å². The molecular weight excluding hydrogens is 422 g/mol. The van der Waals surface area contributed by atoms with E-state index >= 15 is 0 Å². The summed E-state index contributed by atoms with van der Waals surface area (Å²) >= 11 is 0. The highest BCUT2D eigenvalue weighted by Crippen LogP contribution is 2.36. The number of carbonyl (C=O) groups excluding carboxylic acids is 1. The molecule has 0 bridgehead atoms. The first-order chi connectivity index (χ1) is 16.6. The normalized spacial score (nSPS) is 15.9. The molecule has 4 aromatic rings. The Kier molecular flexibility index (Phi) is 6.35. The maximum Gasteiger partial charge on any atom is 0.227 e. The fourth-order valence-corrected chi connectivity index (χ4v) is 5.05. The molecule has 0 spiro atoms. The van der Waals surface area contributed by atoms with Crippen LogP contribution in [0.2, 0.25) is 0 Å². The largest absolute Gasteiger partial charge is 0.494 e. The highest BCUT2D eigenvalue weighted by Gasteiger charge is 2.35. The molecular formula is C29H31N3O2. The van der Waals surface area contributed by atoms with Gasteiger partial charge in [-0.15, -0.1) is 0 Å². The SMILES string of the molecule is Cc1cccc(C)c1N1CC(c2nc3ccccc3n2CCCCOc2ccccc2)CC1=O. The van der Waals surface area contributed by atoms with Crippen LogP contribution in [0.15, 0.2) is 72.8 Å². The summed E-state index contributed by atoms with van der Waals surface area (Å²) in [7, 11) is 0. The topological polar surface area (TPSA) is 47.4 Å². The molecule has 1 saturated heterocycles.